The predicted octanol–water partition coefficient (Wildman–Crippen LogP) is 2.76. The molecule has 0 bridgehead atoms. The molecule has 1 aliphatic carbocycles. The Kier molecular flexibility index (Phi) is 9.64. The van der Waals surface area contributed by atoms with Crippen LogP contribution >= 0.6 is 24.0 Å². The van der Waals surface area contributed by atoms with Gasteiger partial charge in [-0.1, -0.05) is 33.6 Å². The molecule has 0 aromatic carbocycles. The second kappa shape index (κ2) is 10.7. The maximum Gasteiger partial charge on any atom is 0.243 e. The van der Waals surface area contributed by atoms with Crippen LogP contribution in [0.1, 0.15) is 59.3 Å². The molecule has 2 rings (SSSR count). The summed E-state index contributed by atoms with van der Waals surface area (Å²) in [5, 5.41) is 7.11. The second-order valence-corrected chi connectivity index (χ2v) is 8.67. The van der Waals surface area contributed by atoms with Gasteiger partial charge < -0.3 is 20.3 Å². The van der Waals surface area contributed by atoms with Crippen molar-refractivity contribution in [3.05, 3.63) is 0 Å². The predicted molar refractivity (Wildman–Crippen MR) is 117 cm³/mol. The molecule has 0 aromatic heterocycles. The summed E-state index contributed by atoms with van der Waals surface area (Å²) < 4.78 is 5.96. The van der Waals surface area contributed by atoms with Crippen LogP contribution in [0, 0.1) is 5.41 Å². The minimum atomic E-state index is 0. The van der Waals surface area contributed by atoms with Crippen LogP contribution in [0.4, 0.5) is 0 Å². The van der Waals surface area contributed by atoms with Gasteiger partial charge in [-0.25, -0.2) is 4.99 Å². The lowest BCUT2D eigenvalue weighted by molar-refractivity contribution is -0.127. The summed E-state index contributed by atoms with van der Waals surface area (Å²) in [5.41, 5.74) is 0.136. The van der Waals surface area contributed by atoms with E-state index in [-0.39, 0.29) is 47.9 Å². The summed E-state index contributed by atoms with van der Waals surface area (Å²) in [6.07, 6.45) is 7.09. The maximum atomic E-state index is 11.9. The van der Waals surface area contributed by atoms with E-state index in [0.29, 0.717) is 12.1 Å². The molecule has 0 radical (unpaired) electrons. The number of carbonyl (C=O) groups excluding carboxylic acids is 1. The highest BCUT2D eigenvalue weighted by atomic mass is 127. The quantitative estimate of drug-likeness (QED) is 0.369. The number of ether oxygens (including phenoxy) is 1. The first-order chi connectivity index (χ1) is 11.8. The van der Waals surface area contributed by atoms with Crippen molar-refractivity contribution in [2.75, 3.05) is 27.2 Å². The van der Waals surface area contributed by atoms with Crippen LogP contribution in [0.3, 0.4) is 0 Å². The highest BCUT2D eigenvalue weighted by Crippen LogP contribution is 2.29. The lowest BCUT2D eigenvalue weighted by Gasteiger charge is -2.38. The van der Waals surface area contributed by atoms with Crippen LogP contribution in [0.15, 0.2) is 4.99 Å². The van der Waals surface area contributed by atoms with Gasteiger partial charge in [0.05, 0.1) is 6.10 Å². The van der Waals surface area contributed by atoms with Gasteiger partial charge in [-0.2, -0.15) is 0 Å². The SMILES string of the molecule is CN(C)C(=O)CN=C(NC1CCCC1)NC1CCOC(C(C)(C)C)C1.I. The van der Waals surface area contributed by atoms with E-state index in [2.05, 4.69) is 36.4 Å². The van der Waals surface area contributed by atoms with E-state index < -0.39 is 0 Å². The topological polar surface area (TPSA) is 66.0 Å². The van der Waals surface area contributed by atoms with E-state index in [1.54, 1.807) is 19.0 Å². The maximum absolute atomic E-state index is 11.9. The third-order valence-corrected chi connectivity index (χ3v) is 5.16. The van der Waals surface area contributed by atoms with E-state index in [4.69, 9.17) is 4.74 Å². The minimum absolute atomic E-state index is 0. The largest absolute Gasteiger partial charge is 0.378 e. The van der Waals surface area contributed by atoms with Gasteiger partial charge >= 0.3 is 0 Å². The van der Waals surface area contributed by atoms with Crippen LogP contribution in [0.25, 0.3) is 0 Å². The van der Waals surface area contributed by atoms with Crippen molar-refractivity contribution in [3.63, 3.8) is 0 Å². The molecule has 26 heavy (non-hydrogen) atoms. The Balaban J connectivity index is 0.00000338. The van der Waals surface area contributed by atoms with Gasteiger partial charge in [-0.15, -0.1) is 24.0 Å². The molecule has 6 nitrogen and oxygen atoms in total. The third-order valence-electron chi connectivity index (χ3n) is 5.16. The monoisotopic (exact) mass is 480 g/mol. The van der Waals surface area contributed by atoms with Gasteiger partial charge in [-0.05, 0) is 31.1 Å². The van der Waals surface area contributed by atoms with E-state index in [1.165, 1.54) is 25.7 Å². The lowest BCUT2D eigenvalue weighted by atomic mass is 9.83. The first-order valence-electron chi connectivity index (χ1n) is 9.65. The number of aliphatic imine (C=N–C) groups is 1. The zero-order valence-corrected chi connectivity index (χ0v) is 19.3. The molecule has 0 spiro atoms. The van der Waals surface area contributed by atoms with Gasteiger partial charge in [-0.3, -0.25) is 4.79 Å². The third kappa shape index (κ3) is 7.58. The number of guanidine groups is 1. The van der Waals surface area contributed by atoms with Crippen molar-refractivity contribution >= 4 is 35.8 Å². The van der Waals surface area contributed by atoms with E-state index >= 15 is 0 Å². The van der Waals surface area contributed by atoms with Crippen molar-refractivity contribution < 1.29 is 9.53 Å². The molecule has 1 saturated heterocycles. The van der Waals surface area contributed by atoms with Crippen molar-refractivity contribution in [1.82, 2.24) is 15.5 Å². The Bertz CT molecular complexity index is 471. The van der Waals surface area contributed by atoms with E-state index in [1.807, 2.05) is 0 Å². The first kappa shape index (κ1) is 23.5. The van der Waals surface area contributed by atoms with Crippen LogP contribution < -0.4 is 10.6 Å². The minimum Gasteiger partial charge on any atom is -0.378 e. The van der Waals surface area contributed by atoms with Crippen LogP contribution in [-0.4, -0.2) is 62.2 Å². The van der Waals surface area contributed by atoms with Gasteiger partial charge in [0, 0.05) is 32.8 Å². The first-order valence-corrected chi connectivity index (χ1v) is 9.65. The fourth-order valence-electron chi connectivity index (χ4n) is 3.41. The number of nitrogens with zero attached hydrogens (tertiary/aromatic N) is 2. The fourth-order valence-corrected chi connectivity index (χ4v) is 3.41. The summed E-state index contributed by atoms with van der Waals surface area (Å²) in [4.78, 5) is 18.0. The smallest absolute Gasteiger partial charge is 0.243 e. The van der Waals surface area contributed by atoms with Gasteiger partial charge in [0.1, 0.15) is 6.54 Å². The van der Waals surface area contributed by atoms with Gasteiger partial charge in [0.2, 0.25) is 5.91 Å². The van der Waals surface area contributed by atoms with Crippen LogP contribution in [-0.2, 0) is 9.53 Å². The average Bonchev–Trinajstić information content (AvgIpc) is 3.04. The molecule has 2 N–H and O–H groups in total. The number of rotatable bonds is 4. The Labute approximate surface area is 175 Å². The zero-order valence-electron chi connectivity index (χ0n) is 17.0. The molecular weight excluding hydrogens is 443 g/mol. The number of amides is 1. The zero-order chi connectivity index (χ0) is 18.4. The average molecular weight is 480 g/mol. The number of hydrogen-bond acceptors (Lipinski definition) is 3. The summed E-state index contributed by atoms with van der Waals surface area (Å²) in [7, 11) is 3.53. The molecule has 1 amide bonds. The Morgan fingerprint density at radius 1 is 1.12 bits per heavy atom. The van der Waals surface area contributed by atoms with Gasteiger partial charge in [0.15, 0.2) is 5.96 Å². The van der Waals surface area contributed by atoms with Crippen LogP contribution in [0.5, 0.6) is 0 Å². The number of halogens is 1. The molecule has 152 valence electrons. The van der Waals surface area contributed by atoms with Crippen molar-refractivity contribution in [1.29, 1.82) is 0 Å². The molecule has 2 fully saturated rings. The second-order valence-electron chi connectivity index (χ2n) is 8.67. The molecule has 1 heterocycles. The normalized spacial score (nSPS) is 24.7. The fraction of sp³-hybridized carbons (Fsp3) is 0.895. The summed E-state index contributed by atoms with van der Waals surface area (Å²) in [6, 6.07) is 0.805. The van der Waals surface area contributed by atoms with Crippen molar-refractivity contribution in [3.8, 4) is 0 Å². The Morgan fingerprint density at radius 3 is 2.31 bits per heavy atom. The molecule has 0 aromatic rings. The van der Waals surface area contributed by atoms with Crippen molar-refractivity contribution in [2.24, 2.45) is 10.4 Å². The number of carbonyl (C=O) groups is 1. The van der Waals surface area contributed by atoms with Crippen molar-refractivity contribution in [2.45, 2.75) is 77.5 Å². The number of hydrogen-bond donors (Lipinski definition) is 2. The molecule has 1 saturated carbocycles. The molecule has 1 aliphatic heterocycles. The highest BCUT2D eigenvalue weighted by molar-refractivity contribution is 14.0. The molecule has 2 aliphatic rings. The highest BCUT2D eigenvalue weighted by Gasteiger charge is 2.32. The number of nitrogens with one attached hydrogen (secondary N) is 2. The summed E-state index contributed by atoms with van der Waals surface area (Å²) in [6.45, 7) is 7.62. The Morgan fingerprint density at radius 2 is 1.73 bits per heavy atom. The summed E-state index contributed by atoms with van der Waals surface area (Å²) in [5.74, 6) is 0.800. The molecule has 7 heteroatoms. The molecule has 2 unspecified atom stereocenters. The Hall–Kier alpha value is -0.570. The van der Waals surface area contributed by atoms with E-state index in [9.17, 15) is 4.79 Å². The summed E-state index contributed by atoms with van der Waals surface area (Å²) >= 11 is 0. The van der Waals surface area contributed by atoms with Gasteiger partial charge in [0.25, 0.3) is 0 Å². The van der Waals surface area contributed by atoms with Crippen LogP contribution in [0.2, 0.25) is 0 Å². The number of likely N-dealkylation sites (N-methyl/N-ethyl adjacent to an activating group) is 1. The lowest BCUT2D eigenvalue weighted by Crippen LogP contribution is -2.51. The molecule has 2 atom stereocenters. The van der Waals surface area contributed by atoms with E-state index in [0.717, 1.165) is 25.4 Å². The molecular formula is C19H37IN4O2. The standard InChI is InChI=1S/C19H36N4O2.HI/c1-19(2,3)16-12-15(10-11-25-16)22-18(20-13-17(24)23(4)5)21-14-8-6-7-9-14;/h14-16H,6-13H2,1-5H3,(H2,20,21,22);1H.